The molecule has 4 nitrogen and oxygen atoms in total. The van der Waals surface area contributed by atoms with Gasteiger partial charge in [-0.2, -0.15) is 0 Å². The average molecular weight is 274 g/mol. The van der Waals surface area contributed by atoms with Crippen LogP contribution in [0.5, 0.6) is 0 Å². The van der Waals surface area contributed by atoms with Crippen LogP contribution in [0.3, 0.4) is 0 Å². The molecule has 0 fully saturated rings. The van der Waals surface area contributed by atoms with E-state index in [1.54, 1.807) is 18.2 Å². The monoisotopic (exact) mass is 274 g/mol. The molecule has 0 unspecified atom stereocenters. The second kappa shape index (κ2) is 5.12. The summed E-state index contributed by atoms with van der Waals surface area (Å²) in [6.45, 7) is 5.51. The molecule has 0 heterocycles. The van der Waals surface area contributed by atoms with Crippen molar-refractivity contribution in [1.82, 2.24) is 0 Å². The number of carbonyl (C=O) groups is 2. The van der Waals surface area contributed by atoms with Crippen LogP contribution < -0.4 is 0 Å². The topological polar surface area (TPSA) is 52.6 Å². The maximum Gasteiger partial charge on any atom is 0.337 e. The van der Waals surface area contributed by atoms with Crippen LogP contribution in [0, 0.1) is 0 Å². The Bertz CT molecular complexity index is 591. The Balaban J connectivity index is 2.21. The molecule has 0 radical (unpaired) electrons. The SMILES string of the molecule is COC(=O)c1ccc2c(c1)C=C(C(=O)OC(C)(C)C)C2. The maximum atomic E-state index is 12.0. The molecule has 1 aliphatic carbocycles. The predicted molar refractivity (Wildman–Crippen MR) is 75.3 cm³/mol. The summed E-state index contributed by atoms with van der Waals surface area (Å²) in [5.41, 5.74) is 2.46. The molecule has 0 aromatic heterocycles. The van der Waals surface area contributed by atoms with Crippen molar-refractivity contribution in [3.63, 3.8) is 0 Å². The van der Waals surface area contributed by atoms with Crippen LogP contribution in [0.15, 0.2) is 23.8 Å². The largest absolute Gasteiger partial charge is 0.465 e. The molecule has 0 aliphatic heterocycles. The van der Waals surface area contributed by atoms with E-state index in [0.29, 0.717) is 17.6 Å². The smallest absolute Gasteiger partial charge is 0.337 e. The molecule has 0 amide bonds. The molecule has 0 spiro atoms. The zero-order valence-electron chi connectivity index (χ0n) is 12.1. The normalized spacial score (nSPS) is 13.5. The molecule has 2 rings (SSSR count). The molecule has 0 atom stereocenters. The van der Waals surface area contributed by atoms with Gasteiger partial charge in [0.05, 0.1) is 12.7 Å². The van der Waals surface area contributed by atoms with Gasteiger partial charge in [-0.15, -0.1) is 0 Å². The van der Waals surface area contributed by atoms with Crippen molar-refractivity contribution >= 4 is 18.0 Å². The molecule has 1 aliphatic rings. The number of hydrogen-bond donors (Lipinski definition) is 0. The first-order valence-electron chi connectivity index (χ1n) is 6.45. The zero-order chi connectivity index (χ0) is 14.9. The summed E-state index contributed by atoms with van der Waals surface area (Å²) in [5.74, 6) is -0.694. The van der Waals surface area contributed by atoms with Gasteiger partial charge >= 0.3 is 11.9 Å². The Morgan fingerprint density at radius 3 is 2.45 bits per heavy atom. The van der Waals surface area contributed by atoms with Crippen LogP contribution in [-0.4, -0.2) is 24.6 Å². The lowest BCUT2D eigenvalue weighted by molar-refractivity contribution is -0.149. The third-order valence-corrected chi connectivity index (χ3v) is 2.94. The zero-order valence-corrected chi connectivity index (χ0v) is 12.1. The summed E-state index contributed by atoms with van der Waals surface area (Å²) in [6, 6.07) is 5.28. The summed E-state index contributed by atoms with van der Waals surface area (Å²) in [6.07, 6.45) is 2.31. The molecule has 0 bridgehead atoms. The van der Waals surface area contributed by atoms with Crippen LogP contribution in [0.1, 0.15) is 42.3 Å². The second-order valence-electron chi connectivity index (χ2n) is 5.75. The lowest BCUT2D eigenvalue weighted by atomic mass is 10.1. The first-order chi connectivity index (χ1) is 9.30. The Morgan fingerprint density at radius 1 is 1.15 bits per heavy atom. The minimum atomic E-state index is -0.510. The maximum absolute atomic E-state index is 12.0. The molecule has 0 saturated carbocycles. The number of hydrogen-bond acceptors (Lipinski definition) is 4. The molecule has 1 aromatic rings. The molecular formula is C16H18O4. The van der Waals surface area contributed by atoms with Gasteiger partial charge < -0.3 is 9.47 Å². The van der Waals surface area contributed by atoms with Crippen molar-refractivity contribution < 1.29 is 19.1 Å². The fourth-order valence-corrected chi connectivity index (χ4v) is 2.05. The second-order valence-corrected chi connectivity index (χ2v) is 5.75. The Kier molecular flexibility index (Phi) is 3.66. The van der Waals surface area contributed by atoms with Crippen LogP contribution >= 0.6 is 0 Å². The van der Waals surface area contributed by atoms with E-state index in [0.717, 1.165) is 11.1 Å². The van der Waals surface area contributed by atoms with Crippen LogP contribution in [0.25, 0.3) is 6.08 Å². The number of carbonyl (C=O) groups excluding carboxylic acids is 2. The highest BCUT2D eigenvalue weighted by atomic mass is 16.6. The van der Waals surface area contributed by atoms with Crippen molar-refractivity contribution in [3.05, 3.63) is 40.5 Å². The van der Waals surface area contributed by atoms with E-state index in [2.05, 4.69) is 4.74 Å². The van der Waals surface area contributed by atoms with Gasteiger partial charge in [0.15, 0.2) is 0 Å². The van der Waals surface area contributed by atoms with E-state index in [1.807, 2.05) is 26.8 Å². The Hall–Kier alpha value is -2.10. The minimum Gasteiger partial charge on any atom is -0.465 e. The van der Waals surface area contributed by atoms with Gasteiger partial charge in [-0.1, -0.05) is 6.07 Å². The summed E-state index contributed by atoms with van der Waals surface area (Å²) in [7, 11) is 1.34. The molecule has 20 heavy (non-hydrogen) atoms. The van der Waals surface area contributed by atoms with E-state index in [9.17, 15) is 9.59 Å². The van der Waals surface area contributed by atoms with Gasteiger partial charge in [-0.3, -0.25) is 0 Å². The molecule has 0 N–H and O–H groups in total. The summed E-state index contributed by atoms with van der Waals surface area (Å²) in [5, 5.41) is 0. The van der Waals surface area contributed by atoms with Crippen LogP contribution in [-0.2, 0) is 20.7 Å². The fourth-order valence-electron chi connectivity index (χ4n) is 2.05. The highest BCUT2D eigenvalue weighted by Crippen LogP contribution is 2.28. The highest BCUT2D eigenvalue weighted by molar-refractivity contribution is 5.98. The molecule has 4 heteroatoms. The number of methoxy groups -OCH3 is 1. The van der Waals surface area contributed by atoms with Crippen molar-refractivity contribution in [2.75, 3.05) is 7.11 Å². The van der Waals surface area contributed by atoms with Gasteiger partial charge in [-0.25, -0.2) is 9.59 Å². The highest BCUT2D eigenvalue weighted by Gasteiger charge is 2.24. The summed E-state index contributed by atoms with van der Waals surface area (Å²) >= 11 is 0. The first-order valence-corrected chi connectivity index (χ1v) is 6.45. The van der Waals surface area contributed by atoms with E-state index in [4.69, 9.17) is 4.74 Å². The van der Waals surface area contributed by atoms with Gasteiger partial charge in [-0.05, 0) is 50.1 Å². The molecular weight excluding hydrogens is 256 g/mol. The fraction of sp³-hybridized carbons (Fsp3) is 0.375. The first kappa shape index (κ1) is 14.3. The van der Waals surface area contributed by atoms with Crippen molar-refractivity contribution in [2.45, 2.75) is 32.8 Å². The van der Waals surface area contributed by atoms with E-state index < -0.39 is 5.60 Å². The summed E-state index contributed by atoms with van der Waals surface area (Å²) < 4.78 is 10.0. The van der Waals surface area contributed by atoms with E-state index in [1.165, 1.54) is 7.11 Å². The number of ether oxygens (including phenoxy) is 2. The van der Waals surface area contributed by atoms with E-state index >= 15 is 0 Å². The molecule has 106 valence electrons. The molecule has 1 aromatic carbocycles. The third-order valence-electron chi connectivity index (χ3n) is 2.94. The molecule has 0 saturated heterocycles. The summed E-state index contributed by atoms with van der Waals surface area (Å²) in [4.78, 5) is 23.5. The number of rotatable bonds is 2. The number of fused-ring (bicyclic) bond motifs is 1. The predicted octanol–water partition coefficient (Wildman–Crippen LogP) is 2.75. The van der Waals surface area contributed by atoms with Gasteiger partial charge in [0.2, 0.25) is 0 Å². The third kappa shape index (κ3) is 3.07. The lowest BCUT2D eigenvalue weighted by Gasteiger charge is -2.19. The average Bonchev–Trinajstić information content (AvgIpc) is 2.78. The van der Waals surface area contributed by atoms with Gasteiger partial charge in [0.1, 0.15) is 5.60 Å². The Labute approximate surface area is 118 Å². The standard InChI is InChI=1S/C16H18O4/c1-16(2,3)20-15(18)13-7-10-5-6-11(14(17)19-4)8-12(10)9-13/h5-6,8-9H,7H2,1-4H3. The Morgan fingerprint density at radius 2 is 1.85 bits per heavy atom. The lowest BCUT2D eigenvalue weighted by Crippen LogP contribution is -2.24. The van der Waals surface area contributed by atoms with Crippen LogP contribution in [0.2, 0.25) is 0 Å². The number of esters is 2. The van der Waals surface area contributed by atoms with Crippen molar-refractivity contribution in [3.8, 4) is 0 Å². The minimum absolute atomic E-state index is 0.312. The van der Waals surface area contributed by atoms with Gasteiger partial charge in [0, 0.05) is 12.0 Å². The van der Waals surface area contributed by atoms with Crippen molar-refractivity contribution in [1.29, 1.82) is 0 Å². The quantitative estimate of drug-likeness (QED) is 0.778. The van der Waals surface area contributed by atoms with E-state index in [-0.39, 0.29) is 11.9 Å². The van der Waals surface area contributed by atoms with Crippen molar-refractivity contribution in [2.24, 2.45) is 0 Å². The van der Waals surface area contributed by atoms with Gasteiger partial charge in [0.25, 0.3) is 0 Å². The van der Waals surface area contributed by atoms with Crippen LogP contribution in [0.4, 0.5) is 0 Å². The number of benzene rings is 1.